The number of fused-ring (bicyclic) bond motifs is 1. The van der Waals surface area contributed by atoms with Crippen molar-refractivity contribution in [1.29, 1.82) is 0 Å². The molecule has 0 saturated heterocycles. The number of para-hydroxylation sites is 1. The summed E-state index contributed by atoms with van der Waals surface area (Å²) in [5.41, 5.74) is 0.407. The Bertz CT molecular complexity index is 1110. The van der Waals surface area contributed by atoms with Gasteiger partial charge in [0.25, 0.3) is 5.91 Å². The van der Waals surface area contributed by atoms with Crippen LogP contribution < -0.4 is 9.64 Å². The van der Waals surface area contributed by atoms with Gasteiger partial charge in [0, 0.05) is 16.1 Å². The van der Waals surface area contributed by atoms with Crippen LogP contribution in [0.5, 0.6) is 5.75 Å². The number of ketones is 1. The fourth-order valence-corrected chi connectivity index (χ4v) is 3.97. The molecule has 0 aromatic heterocycles. The van der Waals surface area contributed by atoms with Crippen LogP contribution in [0.25, 0.3) is 0 Å². The summed E-state index contributed by atoms with van der Waals surface area (Å²) >= 11 is 5.96. The van der Waals surface area contributed by atoms with E-state index in [0.29, 0.717) is 34.2 Å². The molecule has 3 aromatic rings. The number of hydrogen-bond acceptors (Lipinski definition) is 4. The number of amides is 1. The van der Waals surface area contributed by atoms with Gasteiger partial charge in [-0.25, -0.2) is 0 Å². The first-order chi connectivity index (χ1) is 14.9. The number of nitrogens with zero attached hydrogens (tertiary/aromatic N) is 1. The van der Waals surface area contributed by atoms with Crippen molar-refractivity contribution in [3.05, 3.63) is 94.5 Å². The molecule has 0 bridgehead atoms. The standard InChI is InChI=1S/C25H22ClNO4/c1-2-31-20-13-9-18(10-14-20)23(28)15-25(30)21-5-3-4-6-22(21)27(24(25)29)16-17-7-11-19(26)12-8-17/h3-14,30H,2,15-16H2,1H3. The van der Waals surface area contributed by atoms with Gasteiger partial charge >= 0.3 is 0 Å². The number of benzene rings is 3. The zero-order valence-corrected chi connectivity index (χ0v) is 17.8. The van der Waals surface area contributed by atoms with Crippen molar-refractivity contribution in [3.63, 3.8) is 0 Å². The number of carbonyl (C=O) groups is 2. The first-order valence-corrected chi connectivity index (χ1v) is 10.4. The van der Waals surface area contributed by atoms with Gasteiger partial charge in [-0.15, -0.1) is 0 Å². The Hall–Kier alpha value is -3.15. The third-order valence-electron chi connectivity index (χ3n) is 5.40. The van der Waals surface area contributed by atoms with Crippen molar-refractivity contribution in [2.24, 2.45) is 0 Å². The predicted molar refractivity (Wildman–Crippen MR) is 120 cm³/mol. The minimum Gasteiger partial charge on any atom is -0.494 e. The van der Waals surface area contributed by atoms with E-state index in [1.165, 1.54) is 4.90 Å². The Labute approximate surface area is 185 Å². The molecule has 0 saturated carbocycles. The third kappa shape index (κ3) is 4.07. The Morgan fingerprint density at radius 1 is 1.03 bits per heavy atom. The monoisotopic (exact) mass is 435 g/mol. The van der Waals surface area contributed by atoms with Crippen LogP contribution in [0.15, 0.2) is 72.8 Å². The van der Waals surface area contributed by atoms with E-state index in [1.54, 1.807) is 60.7 Å². The fraction of sp³-hybridized carbons (Fsp3) is 0.200. The fourth-order valence-electron chi connectivity index (χ4n) is 3.84. The molecule has 1 aliphatic heterocycles. The number of Topliss-reactive ketones (excluding diaryl/α,β-unsaturated/α-hetero) is 1. The lowest BCUT2D eigenvalue weighted by molar-refractivity contribution is -0.136. The molecule has 158 valence electrons. The zero-order valence-electron chi connectivity index (χ0n) is 17.0. The lowest BCUT2D eigenvalue weighted by Gasteiger charge is -2.23. The Morgan fingerprint density at radius 2 is 1.71 bits per heavy atom. The van der Waals surface area contributed by atoms with Crippen molar-refractivity contribution in [2.75, 3.05) is 11.5 Å². The molecule has 1 atom stereocenters. The largest absolute Gasteiger partial charge is 0.494 e. The van der Waals surface area contributed by atoms with E-state index in [9.17, 15) is 14.7 Å². The van der Waals surface area contributed by atoms with E-state index in [0.717, 1.165) is 5.56 Å². The molecule has 3 aromatic carbocycles. The Morgan fingerprint density at radius 3 is 2.39 bits per heavy atom. The highest BCUT2D eigenvalue weighted by atomic mass is 35.5. The Balaban J connectivity index is 1.61. The molecule has 0 aliphatic carbocycles. The van der Waals surface area contributed by atoms with Crippen LogP contribution >= 0.6 is 11.6 Å². The Kier molecular flexibility index (Phi) is 5.81. The maximum atomic E-state index is 13.3. The highest BCUT2D eigenvalue weighted by molar-refractivity contribution is 6.30. The van der Waals surface area contributed by atoms with Gasteiger partial charge in [0.05, 0.1) is 25.3 Å². The molecule has 6 heteroatoms. The molecule has 0 spiro atoms. The van der Waals surface area contributed by atoms with E-state index in [1.807, 2.05) is 19.1 Å². The average Bonchev–Trinajstić information content (AvgIpc) is 2.98. The summed E-state index contributed by atoms with van der Waals surface area (Å²) in [6.07, 6.45) is -0.339. The molecule has 1 heterocycles. The molecule has 0 fully saturated rings. The maximum Gasteiger partial charge on any atom is 0.264 e. The minimum atomic E-state index is -1.92. The van der Waals surface area contributed by atoms with Crippen molar-refractivity contribution in [1.82, 2.24) is 0 Å². The number of aliphatic hydroxyl groups is 1. The molecule has 1 N–H and O–H groups in total. The summed E-state index contributed by atoms with van der Waals surface area (Å²) in [6.45, 7) is 2.68. The molecule has 0 radical (unpaired) electrons. The van der Waals surface area contributed by atoms with Gasteiger partial charge in [-0.1, -0.05) is 41.9 Å². The minimum absolute atomic E-state index is 0.270. The summed E-state index contributed by atoms with van der Waals surface area (Å²) in [6, 6.07) is 20.9. The van der Waals surface area contributed by atoms with Gasteiger partial charge in [-0.2, -0.15) is 0 Å². The molecule has 5 nitrogen and oxygen atoms in total. The quantitative estimate of drug-likeness (QED) is 0.544. The molecular weight excluding hydrogens is 414 g/mol. The predicted octanol–water partition coefficient (Wildman–Crippen LogP) is 4.75. The van der Waals surface area contributed by atoms with E-state index >= 15 is 0 Å². The van der Waals surface area contributed by atoms with Crippen LogP contribution in [0.3, 0.4) is 0 Å². The van der Waals surface area contributed by atoms with Gasteiger partial charge in [-0.3, -0.25) is 9.59 Å². The number of carbonyl (C=O) groups excluding carboxylic acids is 2. The molecule has 1 unspecified atom stereocenters. The van der Waals surface area contributed by atoms with Crippen molar-refractivity contribution < 1.29 is 19.4 Å². The number of rotatable bonds is 7. The highest BCUT2D eigenvalue weighted by Crippen LogP contribution is 2.43. The van der Waals surface area contributed by atoms with Crippen molar-refractivity contribution in [3.8, 4) is 5.75 Å². The van der Waals surface area contributed by atoms with E-state index in [-0.39, 0.29) is 18.7 Å². The van der Waals surface area contributed by atoms with Gasteiger partial charge in [0.2, 0.25) is 0 Å². The summed E-state index contributed by atoms with van der Waals surface area (Å²) in [5, 5.41) is 12.0. The normalized spacial score (nSPS) is 17.5. The smallest absolute Gasteiger partial charge is 0.264 e. The van der Waals surface area contributed by atoms with Crippen LogP contribution in [-0.4, -0.2) is 23.4 Å². The maximum absolute atomic E-state index is 13.3. The second-order valence-electron chi connectivity index (χ2n) is 7.45. The van der Waals surface area contributed by atoms with Gasteiger partial charge < -0.3 is 14.7 Å². The van der Waals surface area contributed by atoms with Crippen molar-refractivity contribution >= 4 is 29.0 Å². The number of ether oxygens (including phenoxy) is 1. The summed E-state index contributed by atoms with van der Waals surface area (Å²) in [7, 11) is 0. The summed E-state index contributed by atoms with van der Waals surface area (Å²) < 4.78 is 5.41. The zero-order chi connectivity index (χ0) is 22.0. The van der Waals surface area contributed by atoms with Crippen LogP contribution in [0.1, 0.15) is 34.8 Å². The lowest BCUT2D eigenvalue weighted by atomic mass is 9.88. The summed E-state index contributed by atoms with van der Waals surface area (Å²) in [5.74, 6) is -0.167. The number of hydrogen-bond donors (Lipinski definition) is 1. The first-order valence-electron chi connectivity index (χ1n) is 10.1. The van der Waals surface area contributed by atoms with E-state index in [2.05, 4.69) is 0 Å². The first kappa shape index (κ1) is 21.1. The number of halogens is 1. The molecule has 4 rings (SSSR count). The summed E-state index contributed by atoms with van der Waals surface area (Å²) in [4.78, 5) is 27.8. The topological polar surface area (TPSA) is 66.8 Å². The third-order valence-corrected chi connectivity index (χ3v) is 5.65. The van der Waals surface area contributed by atoms with Gasteiger partial charge in [0.15, 0.2) is 11.4 Å². The molecule has 1 amide bonds. The highest BCUT2D eigenvalue weighted by Gasteiger charge is 2.50. The van der Waals surface area contributed by atoms with E-state index < -0.39 is 11.5 Å². The second-order valence-corrected chi connectivity index (χ2v) is 7.89. The average molecular weight is 436 g/mol. The van der Waals surface area contributed by atoms with Crippen LogP contribution in [0.2, 0.25) is 5.02 Å². The molecule has 1 aliphatic rings. The number of anilines is 1. The lowest BCUT2D eigenvalue weighted by Crippen LogP contribution is -2.41. The van der Waals surface area contributed by atoms with Crippen molar-refractivity contribution in [2.45, 2.75) is 25.5 Å². The van der Waals surface area contributed by atoms with Gasteiger partial charge in [-0.05, 0) is 55.0 Å². The molecule has 31 heavy (non-hydrogen) atoms. The second kappa shape index (κ2) is 8.53. The SMILES string of the molecule is CCOc1ccc(C(=O)CC2(O)C(=O)N(Cc3ccc(Cl)cc3)c3ccccc32)cc1. The van der Waals surface area contributed by atoms with Crippen LogP contribution in [0, 0.1) is 0 Å². The van der Waals surface area contributed by atoms with E-state index in [4.69, 9.17) is 16.3 Å². The van der Waals surface area contributed by atoms with Crippen LogP contribution in [-0.2, 0) is 16.9 Å². The van der Waals surface area contributed by atoms with Gasteiger partial charge in [0.1, 0.15) is 5.75 Å². The van der Waals surface area contributed by atoms with Crippen LogP contribution in [0.4, 0.5) is 5.69 Å². The molecular formula is C25H22ClNO4.